The second-order valence-electron chi connectivity index (χ2n) is 7.42. The van der Waals surface area contributed by atoms with E-state index in [2.05, 4.69) is 40.5 Å². The number of rotatable bonds is 6. The number of hydrogen-bond donors (Lipinski definition) is 1. The van der Waals surface area contributed by atoms with Crippen LogP contribution in [0.2, 0.25) is 0 Å². The molecule has 2 fully saturated rings. The molecule has 0 atom stereocenters. The Balaban J connectivity index is 1.58. The smallest absolute Gasteiger partial charge is 0.229 e. The normalized spacial score (nSPS) is 21.0. The lowest BCUT2D eigenvalue weighted by molar-refractivity contribution is -0.149. The summed E-state index contributed by atoms with van der Waals surface area (Å²) in [6.07, 6.45) is 7.86. The number of likely N-dealkylation sites (tertiary alicyclic amines) is 1. The third kappa shape index (κ3) is 3.77. The molecule has 1 aliphatic carbocycles. The average Bonchev–Trinajstić information content (AvgIpc) is 2.57. The Labute approximate surface area is 140 Å². The summed E-state index contributed by atoms with van der Waals surface area (Å²) in [4.78, 5) is 15.3. The van der Waals surface area contributed by atoms with Gasteiger partial charge < -0.3 is 10.2 Å². The summed E-state index contributed by atoms with van der Waals surface area (Å²) in [5.74, 6) is 1.22. The molecule has 0 bridgehead atoms. The summed E-state index contributed by atoms with van der Waals surface area (Å²) in [6.45, 7) is 3.02. The van der Waals surface area contributed by atoms with Crippen LogP contribution in [0.15, 0.2) is 30.3 Å². The number of nitrogens with zero attached hydrogens (tertiary/aromatic N) is 1. The fraction of sp³-hybridized carbons (Fsp3) is 0.650. The molecular weight excluding hydrogens is 284 g/mol. The molecule has 3 heteroatoms. The summed E-state index contributed by atoms with van der Waals surface area (Å²) >= 11 is 0. The van der Waals surface area contributed by atoms with Gasteiger partial charge >= 0.3 is 0 Å². The Morgan fingerprint density at radius 3 is 2.48 bits per heavy atom. The second kappa shape index (κ2) is 7.48. The van der Waals surface area contributed by atoms with Gasteiger partial charge in [0.05, 0.1) is 5.41 Å². The van der Waals surface area contributed by atoms with E-state index in [1.165, 1.54) is 31.2 Å². The van der Waals surface area contributed by atoms with Crippen LogP contribution in [0.4, 0.5) is 0 Å². The minimum atomic E-state index is -0.0981. The van der Waals surface area contributed by atoms with Crippen molar-refractivity contribution in [1.29, 1.82) is 0 Å². The van der Waals surface area contributed by atoms with Crippen molar-refractivity contribution in [1.82, 2.24) is 10.2 Å². The van der Waals surface area contributed by atoms with Crippen LogP contribution < -0.4 is 5.32 Å². The van der Waals surface area contributed by atoms with Crippen LogP contribution in [-0.2, 0) is 11.2 Å². The molecule has 126 valence electrons. The molecule has 1 aromatic rings. The van der Waals surface area contributed by atoms with Crippen LogP contribution in [0.1, 0.15) is 44.1 Å². The number of amides is 1. The number of nitrogens with one attached hydrogen (secondary N) is 1. The first-order valence-corrected chi connectivity index (χ1v) is 9.21. The van der Waals surface area contributed by atoms with Gasteiger partial charge in [-0.05, 0) is 63.6 Å². The largest absolute Gasteiger partial charge is 0.342 e. The third-order valence-electron chi connectivity index (χ3n) is 5.85. The third-order valence-corrected chi connectivity index (χ3v) is 5.85. The molecule has 23 heavy (non-hydrogen) atoms. The van der Waals surface area contributed by atoms with Gasteiger partial charge in [-0.3, -0.25) is 4.79 Å². The number of benzene rings is 1. The minimum Gasteiger partial charge on any atom is -0.342 e. The standard InChI is InChI=1S/C20H30N2O/c1-21-13-8-17-9-14-22(15-10-17)19(23)20(11-5-12-20)16-18-6-3-2-4-7-18/h2-4,6-7,17,21H,5,8-16H2,1H3. The van der Waals surface area contributed by atoms with Gasteiger partial charge in [-0.2, -0.15) is 0 Å². The summed E-state index contributed by atoms with van der Waals surface area (Å²) in [7, 11) is 2.02. The molecule has 3 nitrogen and oxygen atoms in total. The van der Waals surface area contributed by atoms with Crippen molar-refractivity contribution in [2.24, 2.45) is 11.3 Å². The van der Waals surface area contributed by atoms with Crippen LogP contribution in [0.5, 0.6) is 0 Å². The molecule has 0 radical (unpaired) electrons. The molecule has 1 saturated heterocycles. The molecule has 1 amide bonds. The van der Waals surface area contributed by atoms with Gasteiger partial charge in [0, 0.05) is 13.1 Å². The van der Waals surface area contributed by atoms with Gasteiger partial charge in [0.2, 0.25) is 5.91 Å². The van der Waals surface area contributed by atoms with Crippen molar-refractivity contribution in [3.8, 4) is 0 Å². The van der Waals surface area contributed by atoms with Gasteiger partial charge in [-0.25, -0.2) is 0 Å². The van der Waals surface area contributed by atoms with Crippen LogP contribution in [0, 0.1) is 11.3 Å². The van der Waals surface area contributed by atoms with E-state index in [0.717, 1.165) is 44.8 Å². The van der Waals surface area contributed by atoms with Crippen molar-refractivity contribution >= 4 is 5.91 Å². The van der Waals surface area contributed by atoms with Gasteiger partial charge in [0.25, 0.3) is 0 Å². The average molecular weight is 314 g/mol. The van der Waals surface area contributed by atoms with E-state index in [4.69, 9.17) is 0 Å². The molecular formula is C20H30N2O. The molecule has 1 aliphatic heterocycles. The Hall–Kier alpha value is -1.35. The predicted octanol–water partition coefficient (Wildman–Crippen LogP) is 3.25. The van der Waals surface area contributed by atoms with Gasteiger partial charge in [-0.1, -0.05) is 36.8 Å². The van der Waals surface area contributed by atoms with Crippen molar-refractivity contribution in [3.05, 3.63) is 35.9 Å². The molecule has 1 N–H and O–H groups in total. The molecule has 0 spiro atoms. The highest BCUT2D eigenvalue weighted by atomic mass is 16.2. The Morgan fingerprint density at radius 2 is 1.91 bits per heavy atom. The number of carbonyl (C=O) groups is 1. The first-order valence-electron chi connectivity index (χ1n) is 9.21. The van der Waals surface area contributed by atoms with E-state index in [0.29, 0.717) is 5.91 Å². The lowest BCUT2D eigenvalue weighted by Gasteiger charge is -2.45. The zero-order valence-corrected chi connectivity index (χ0v) is 14.4. The Kier molecular flexibility index (Phi) is 5.37. The second-order valence-corrected chi connectivity index (χ2v) is 7.42. The van der Waals surface area contributed by atoms with E-state index in [1.54, 1.807) is 0 Å². The maximum atomic E-state index is 13.1. The van der Waals surface area contributed by atoms with Crippen molar-refractivity contribution in [2.75, 3.05) is 26.7 Å². The van der Waals surface area contributed by atoms with Gasteiger partial charge in [-0.15, -0.1) is 0 Å². The number of hydrogen-bond acceptors (Lipinski definition) is 2. The molecule has 1 heterocycles. The number of piperidine rings is 1. The number of carbonyl (C=O) groups excluding carboxylic acids is 1. The van der Waals surface area contributed by atoms with E-state index in [9.17, 15) is 4.79 Å². The van der Waals surface area contributed by atoms with Crippen molar-refractivity contribution < 1.29 is 4.79 Å². The molecule has 0 unspecified atom stereocenters. The summed E-state index contributed by atoms with van der Waals surface area (Å²) in [6, 6.07) is 10.5. The highest BCUT2D eigenvalue weighted by molar-refractivity contribution is 5.84. The lowest BCUT2D eigenvalue weighted by atomic mass is 9.64. The maximum absolute atomic E-state index is 13.1. The zero-order chi connectivity index (χ0) is 16.1. The quantitative estimate of drug-likeness (QED) is 0.874. The fourth-order valence-corrected chi connectivity index (χ4v) is 4.17. The predicted molar refractivity (Wildman–Crippen MR) is 94.3 cm³/mol. The first-order chi connectivity index (χ1) is 11.2. The Bertz CT molecular complexity index is 502. The molecule has 1 saturated carbocycles. The van der Waals surface area contributed by atoms with Crippen LogP contribution in [-0.4, -0.2) is 37.5 Å². The van der Waals surface area contributed by atoms with E-state index in [1.807, 2.05) is 7.05 Å². The van der Waals surface area contributed by atoms with E-state index >= 15 is 0 Å². The molecule has 1 aromatic carbocycles. The Morgan fingerprint density at radius 1 is 1.22 bits per heavy atom. The monoisotopic (exact) mass is 314 g/mol. The zero-order valence-electron chi connectivity index (χ0n) is 14.4. The maximum Gasteiger partial charge on any atom is 0.229 e. The fourth-order valence-electron chi connectivity index (χ4n) is 4.17. The first kappa shape index (κ1) is 16.5. The highest BCUT2D eigenvalue weighted by Gasteiger charge is 2.46. The lowest BCUT2D eigenvalue weighted by Crippen LogP contribution is -2.51. The molecule has 3 rings (SSSR count). The van der Waals surface area contributed by atoms with Crippen molar-refractivity contribution in [3.63, 3.8) is 0 Å². The topological polar surface area (TPSA) is 32.3 Å². The molecule has 2 aliphatic rings. The summed E-state index contributed by atoms with van der Waals surface area (Å²) in [5.41, 5.74) is 1.21. The van der Waals surface area contributed by atoms with Crippen molar-refractivity contribution in [2.45, 2.75) is 44.9 Å². The SMILES string of the molecule is CNCCC1CCN(C(=O)C2(Cc3ccccc3)CCC2)CC1. The highest BCUT2D eigenvalue weighted by Crippen LogP contribution is 2.45. The van der Waals surface area contributed by atoms with Crippen LogP contribution in [0.3, 0.4) is 0 Å². The van der Waals surface area contributed by atoms with E-state index in [-0.39, 0.29) is 5.41 Å². The van der Waals surface area contributed by atoms with Gasteiger partial charge in [0.15, 0.2) is 0 Å². The van der Waals surface area contributed by atoms with E-state index < -0.39 is 0 Å². The van der Waals surface area contributed by atoms with Crippen LogP contribution in [0.25, 0.3) is 0 Å². The van der Waals surface area contributed by atoms with Crippen LogP contribution >= 0.6 is 0 Å². The molecule has 0 aromatic heterocycles. The van der Waals surface area contributed by atoms with Gasteiger partial charge in [0.1, 0.15) is 0 Å². The summed E-state index contributed by atoms with van der Waals surface area (Å²) in [5, 5.41) is 3.24. The summed E-state index contributed by atoms with van der Waals surface area (Å²) < 4.78 is 0. The minimum absolute atomic E-state index is 0.0981.